The van der Waals surface area contributed by atoms with E-state index in [0.29, 0.717) is 11.3 Å². The largest absolute Gasteiger partial charge is 0.293 e. The van der Waals surface area contributed by atoms with Crippen LogP contribution in [0.2, 0.25) is 0 Å². The molecule has 0 aromatic carbocycles. The van der Waals surface area contributed by atoms with Gasteiger partial charge in [-0.3, -0.25) is 4.18 Å². The third-order valence-corrected chi connectivity index (χ3v) is 3.10. The van der Waals surface area contributed by atoms with E-state index in [9.17, 15) is 8.42 Å². The van der Waals surface area contributed by atoms with Gasteiger partial charge in [-0.2, -0.15) is 8.42 Å². The second-order valence-corrected chi connectivity index (χ2v) is 4.13. The molecule has 0 saturated carbocycles. The molecular formula is C8H12O3S. The molecule has 1 aliphatic rings. The highest BCUT2D eigenvalue weighted by Gasteiger charge is 2.17. The highest BCUT2D eigenvalue weighted by Crippen LogP contribution is 2.19. The fourth-order valence-corrected chi connectivity index (χ4v) is 2.09. The standard InChI is InChI=1S/C8H12O3S/c1-2-11-12(9,10)8-6-4-3-5-7-8/h3-4,6H,2,5,7H2,1H3. The van der Waals surface area contributed by atoms with Crippen molar-refractivity contribution in [3.05, 3.63) is 23.1 Å². The number of hydrogen-bond acceptors (Lipinski definition) is 3. The minimum Gasteiger partial charge on any atom is -0.267 e. The van der Waals surface area contributed by atoms with Crippen LogP contribution in [0.3, 0.4) is 0 Å². The molecule has 0 radical (unpaired) electrons. The van der Waals surface area contributed by atoms with Crippen molar-refractivity contribution in [2.75, 3.05) is 6.61 Å². The second kappa shape index (κ2) is 3.87. The Morgan fingerprint density at radius 2 is 2.33 bits per heavy atom. The van der Waals surface area contributed by atoms with Gasteiger partial charge in [0.05, 0.1) is 11.5 Å². The van der Waals surface area contributed by atoms with E-state index in [2.05, 4.69) is 4.18 Å². The molecule has 3 nitrogen and oxygen atoms in total. The third kappa shape index (κ3) is 2.19. The topological polar surface area (TPSA) is 43.4 Å². The first-order chi connectivity index (χ1) is 5.67. The quantitative estimate of drug-likeness (QED) is 0.632. The van der Waals surface area contributed by atoms with Gasteiger partial charge >= 0.3 is 0 Å². The maximum absolute atomic E-state index is 11.3. The summed E-state index contributed by atoms with van der Waals surface area (Å²) in [6.07, 6.45) is 6.60. The van der Waals surface area contributed by atoms with Gasteiger partial charge in [0.15, 0.2) is 0 Å². The predicted octanol–water partition coefficient (Wildman–Crippen LogP) is 1.59. The summed E-state index contributed by atoms with van der Waals surface area (Å²) in [4.78, 5) is 0.381. The molecule has 0 aromatic heterocycles. The van der Waals surface area contributed by atoms with Gasteiger partial charge in [0.25, 0.3) is 10.1 Å². The first-order valence-corrected chi connectivity index (χ1v) is 5.33. The summed E-state index contributed by atoms with van der Waals surface area (Å²) >= 11 is 0. The van der Waals surface area contributed by atoms with Crippen LogP contribution in [0.15, 0.2) is 23.1 Å². The fourth-order valence-electron chi connectivity index (χ4n) is 1.02. The molecule has 0 aliphatic heterocycles. The molecule has 0 N–H and O–H groups in total. The molecule has 0 saturated heterocycles. The summed E-state index contributed by atoms with van der Waals surface area (Å²) in [5, 5.41) is 0. The van der Waals surface area contributed by atoms with Crippen LogP contribution in [0.25, 0.3) is 0 Å². The molecule has 12 heavy (non-hydrogen) atoms. The number of allylic oxidation sites excluding steroid dienone is 4. The Balaban J connectivity index is 2.81. The zero-order valence-electron chi connectivity index (χ0n) is 6.99. The van der Waals surface area contributed by atoms with Crippen LogP contribution in [-0.4, -0.2) is 15.0 Å². The number of hydrogen-bond donors (Lipinski definition) is 0. The Morgan fingerprint density at radius 1 is 1.58 bits per heavy atom. The summed E-state index contributed by atoms with van der Waals surface area (Å²) in [7, 11) is -3.42. The van der Waals surface area contributed by atoms with Gasteiger partial charge < -0.3 is 0 Å². The summed E-state index contributed by atoms with van der Waals surface area (Å²) in [5.41, 5.74) is 0. The van der Waals surface area contributed by atoms with Crippen molar-refractivity contribution >= 4 is 10.1 Å². The van der Waals surface area contributed by atoms with Gasteiger partial charge in [0, 0.05) is 0 Å². The summed E-state index contributed by atoms with van der Waals surface area (Å²) in [6.45, 7) is 1.86. The van der Waals surface area contributed by atoms with Crippen molar-refractivity contribution in [2.45, 2.75) is 19.8 Å². The lowest BCUT2D eigenvalue weighted by atomic mass is 10.2. The summed E-state index contributed by atoms with van der Waals surface area (Å²) < 4.78 is 27.2. The first kappa shape index (κ1) is 9.48. The molecule has 0 unspecified atom stereocenters. The fraction of sp³-hybridized carbons (Fsp3) is 0.500. The summed E-state index contributed by atoms with van der Waals surface area (Å²) in [6, 6.07) is 0. The molecule has 0 spiro atoms. The van der Waals surface area contributed by atoms with E-state index in [1.54, 1.807) is 19.1 Å². The van der Waals surface area contributed by atoms with E-state index in [0.717, 1.165) is 6.42 Å². The van der Waals surface area contributed by atoms with Crippen molar-refractivity contribution in [1.29, 1.82) is 0 Å². The summed E-state index contributed by atoms with van der Waals surface area (Å²) in [5.74, 6) is 0. The normalized spacial score (nSPS) is 17.6. The van der Waals surface area contributed by atoms with Gasteiger partial charge in [-0.25, -0.2) is 0 Å². The van der Waals surface area contributed by atoms with Gasteiger partial charge in [-0.1, -0.05) is 12.2 Å². The Hall–Kier alpha value is -0.610. The van der Waals surface area contributed by atoms with Crippen molar-refractivity contribution < 1.29 is 12.6 Å². The smallest absolute Gasteiger partial charge is 0.267 e. The Morgan fingerprint density at radius 3 is 2.83 bits per heavy atom. The molecule has 0 atom stereocenters. The Labute approximate surface area is 72.9 Å². The maximum Gasteiger partial charge on any atom is 0.293 e. The van der Waals surface area contributed by atoms with E-state index in [-0.39, 0.29) is 6.61 Å². The van der Waals surface area contributed by atoms with Crippen molar-refractivity contribution in [1.82, 2.24) is 0 Å². The highest BCUT2D eigenvalue weighted by atomic mass is 32.2. The zero-order valence-corrected chi connectivity index (χ0v) is 7.80. The average molecular weight is 188 g/mol. The van der Waals surface area contributed by atoms with Gasteiger partial charge in [-0.15, -0.1) is 0 Å². The third-order valence-electron chi connectivity index (χ3n) is 1.57. The lowest BCUT2D eigenvalue weighted by Crippen LogP contribution is -2.09. The van der Waals surface area contributed by atoms with Gasteiger partial charge in [0.1, 0.15) is 0 Å². The van der Waals surface area contributed by atoms with Crippen LogP contribution >= 0.6 is 0 Å². The van der Waals surface area contributed by atoms with Crippen LogP contribution in [-0.2, 0) is 14.3 Å². The molecule has 1 rings (SSSR count). The molecule has 0 fully saturated rings. The molecule has 68 valence electrons. The zero-order chi connectivity index (χ0) is 9.03. The minimum atomic E-state index is -3.42. The number of rotatable bonds is 3. The second-order valence-electron chi connectivity index (χ2n) is 2.46. The maximum atomic E-state index is 11.3. The Bertz CT molecular complexity index is 298. The van der Waals surface area contributed by atoms with Crippen molar-refractivity contribution in [2.24, 2.45) is 0 Å². The predicted molar refractivity (Wildman–Crippen MR) is 47.0 cm³/mol. The lowest BCUT2D eigenvalue weighted by molar-refractivity contribution is 0.342. The van der Waals surface area contributed by atoms with E-state index in [4.69, 9.17) is 0 Å². The molecule has 0 heterocycles. The van der Waals surface area contributed by atoms with Crippen LogP contribution in [0, 0.1) is 0 Å². The minimum absolute atomic E-state index is 0.198. The van der Waals surface area contributed by atoms with Crippen LogP contribution < -0.4 is 0 Å². The molecule has 0 amide bonds. The van der Waals surface area contributed by atoms with Crippen LogP contribution in [0.1, 0.15) is 19.8 Å². The van der Waals surface area contributed by atoms with E-state index < -0.39 is 10.1 Å². The first-order valence-electron chi connectivity index (χ1n) is 3.92. The molecule has 1 aliphatic carbocycles. The van der Waals surface area contributed by atoms with Crippen LogP contribution in [0.5, 0.6) is 0 Å². The average Bonchev–Trinajstić information content (AvgIpc) is 2.06. The lowest BCUT2D eigenvalue weighted by Gasteiger charge is -2.08. The van der Waals surface area contributed by atoms with Crippen molar-refractivity contribution in [3.8, 4) is 0 Å². The van der Waals surface area contributed by atoms with Gasteiger partial charge in [-0.05, 0) is 25.8 Å². The van der Waals surface area contributed by atoms with E-state index in [1.165, 1.54) is 0 Å². The molecule has 0 aromatic rings. The monoisotopic (exact) mass is 188 g/mol. The molecule has 0 bridgehead atoms. The molecule has 4 heteroatoms. The van der Waals surface area contributed by atoms with E-state index >= 15 is 0 Å². The molecular weight excluding hydrogens is 176 g/mol. The van der Waals surface area contributed by atoms with Crippen LogP contribution in [0.4, 0.5) is 0 Å². The van der Waals surface area contributed by atoms with Crippen molar-refractivity contribution in [3.63, 3.8) is 0 Å². The Kier molecular flexibility index (Phi) is 3.05. The van der Waals surface area contributed by atoms with E-state index in [1.807, 2.05) is 6.08 Å². The SMILES string of the molecule is CCOS(=O)(=O)C1=CC=CCC1. The van der Waals surface area contributed by atoms with Gasteiger partial charge in [0.2, 0.25) is 0 Å². The highest BCUT2D eigenvalue weighted by molar-refractivity contribution is 7.90.